The number of amides is 1. The molecule has 0 atom stereocenters. The van der Waals surface area contributed by atoms with Gasteiger partial charge in [-0.05, 0) is 32.0 Å². The highest BCUT2D eigenvalue weighted by atomic mass is 32.2. The molecular weight excluding hydrogens is 236 g/mol. The summed E-state index contributed by atoms with van der Waals surface area (Å²) in [6.45, 7) is 3.60. The van der Waals surface area contributed by atoms with Crippen molar-refractivity contribution in [2.75, 3.05) is 23.0 Å². The number of thioether (sulfide) groups is 1. The molecule has 1 aromatic rings. The minimum absolute atomic E-state index is 0.00662. The number of carbonyl (C=O) groups excluding carboxylic acids is 1. The van der Waals surface area contributed by atoms with Gasteiger partial charge in [0.25, 0.3) is 0 Å². The molecule has 1 heterocycles. The van der Waals surface area contributed by atoms with Gasteiger partial charge in [-0.3, -0.25) is 4.79 Å². The van der Waals surface area contributed by atoms with Gasteiger partial charge in [-0.1, -0.05) is 0 Å². The zero-order valence-corrected chi connectivity index (χ0v) is 10.8. The molecule has 0 aliphatic carbocycles. The highest BCUT2D eigenvalue weighted by Crippen LogP contribution is 2.39. The van der Waals surface area contributed by atoms with Crippen LogP contribution in [0.2, 0.25) is 0 Å². The van der Waals surface area contributed by atoms with Gasteiger partial charge in [0, 0.05) is 10.6 Å². The summed E-state index contributed by atoms with van der Waals surface area (Å²) in [6.07, 6.45) is 0. The van der Waals surface area contributed by atoms with Crippen molar-refractivity contribution in [3.05, 3.63) is 18.2 Å². The monoisotopic (exact) mass is 252 g/mol. The molecule has 0 unspecified atom stereocenters. The Balaban J connectivity index is 2.53. The van der Waals surface area contributed by atoms with Crippen LogP contribution < -0.4 is 10.6 Å². The highest BCUT2D eigenvalue weighted by molar-refractivity contribution is 8.00. The summed E-state index contributed by atoms with van der Waals surface area (Å²) >= 11 is 1.51. The number of hydrogen-bond acceptors (Lipinski definition) is 4. The first-order chi connectivity index (χ1) is 7.95. The number of benzene rings is 1. The maximum absolute atomic E-state index is 12.0. The number of anilines is 2. The minimum Gasteiger partial charge on any atom is -0.399 e. The molecule has 3 N–H and O–H groups in total. The van der Waals surface area contributed by atoms with Crippen LogP contribution in [0.1, 0.15) is 13.8 Å². The smallest absolute Gasteiger partial charge is 0.237 e. The molecule has 4 nitrogen and oxygen atoms in total. The van der Waals surface area contributed by atoms with Crippen molar-refractivity contribution in [3.8, 4) is 0 Å². The number of hydrogen-bond donors (Lipinski definition) is 2. The van der Waals surface area contributed by atoms with E-state index in [1.54, 1.807) is 11.0 Å². The third kappa shape index (κ3) is 2.12. The summed E-state index contributed by atoms with van der Waals surface area (Å²) in [7, 11) is 0. The number of rotatable bonds is 2. The molecule has 0 radical (unpaired) electrons. The van der Waals surface area contributed by atoms with Gasteiger partial charge in [0.2, 0.25) is 5.91 Å². The van der Waals surface area contributed by atoms with Crippen molar-refractivity contribution in [2.45, 2.75) is 24.3 Å². The Bertz CT molecular complexity index is 460. The third-order valence-electron chi connectivity index (χ3n) is 2.82. The number of nitrogens with two attached hydrogens (primary N) is 1. The van der Waals surface area contributed by atoms with Crippen molar-refractivity contribution in [1.82, 2.24) is 0 Å². The molecule has 92 valence electrons. The van der Waals surface area contributed by atoms with Crippen LogP contribution in [0.4, 0.5) is 11.4 Å². The van der Waals surface area contributed by atoms with E-state index in [0.29, 0.717) is 11.4 Å². The van der Waals surface area contributed by atoms with Gasteiger partial charge in [-0.2, -0.15) is 0 Å². The Morgan fingerprint density at radius 3 is 2.88 bits per heavy atom. The first-order valence-electron chi connectivity index (χ1n) is 5.42. The lowest BCUT2D eigenvalue weighted by Crippen LogP contribution is -2.52. The van der Waals surface area contributed by atoms with Crippen molar-refractivity contribution in [2.24, 2.45) is 0 Å². The molecule has 1 amide bonds. The molecule has 1 aliphatic rings. The van der Waals surface area contributed by atoms with Crippen molar-refractivity contribution in [3.63, 3.8) is 0 Å². The quantitative estimate of drug-likeness (QED) is 0.782. The SMILES string of the molecule is CC(C)(CO)N1C(=O)CSc2ccc(N)cc21. The van der Waals surface area contributed by atoms with E-state index in [4.69, 9.17) is 5.73 Å². The van der Waals surface area contributed by atoms with Crippen molar-refractivity contribution < 1.29 is 9.90 Å². The number of fused-ring (bicyclic) bond motifs is 1. The number of nitrogens with zero attached hydrogens (tertiary/aromatic N) is 1. The number of aliphatic hydroxyl groups excluding tert-OH is 1. The van der Waals surface area contributed by atoms with E-state index in [1.165, 1.54) is 11.8 Å². The molecular formula is C12H16N2O2S. The van der Waals surface area contributed by atoms with Gasteiger partial charge < -0.3 is 15.7 Å². The van der Waals surface area contributed by atoms with Crippen LogP contribution in [0.5, 0.6) is 0 Å². The normalized spacial score (nSPS) is 15.9. The summed E-state index contributed by atoms with van der Waals surface area (Å²) in [6, 6.07) is 5.53. The van der Waals surface area contributed by atoms with Crippen LogP contribution in [-0.2, 0) is 4.79 Å². The predicted molar refractivity (Wildman–Crippen MR) is 70.2 cm³/mol. The fraction of sp³-hybridized carbons (Fsp3) is 0.417. The molecule has 0 saturated carbocycles. The first kappa shape index (κ1) is 12.3. The van der Waals surface area contributed by atoms with Gasteiger partial charge in [0.1, 0.15) is 0 Å². The largest absolute Gasteiger partial charge is 0.399 e. The molecule has 1 aliphatic heterocycles. The van der Waals surface area contributed by atoms with E-state index >= 15 is 0 Å². The molecule has 17 heavy (non-hydrogen) atoms. The van der Waals surface area contributed by atoms with E-state index in [0.717, 1.165) is 10.6 Å². The van der Waals surface area contributed by atoms with Crippen LogP contribution in [0.25, 0.3) is 0 Å². The fourth-order valence-corrected chi connectivity index (χ4v) is 2.77. The van der Waals surface area contributed by atoms with E-state index < -0.39 is 5.54 Å². The molecule has 2 rings (SSSR count). The van der Waals surface area contributed by atoms with Crippen LogP contribution in [0.3, 0.4) is 0 Å². The number of carbonyl (C=O) groups is 1. The Kier molecular flexibility index (Phi) is 3.05. The summed E-state index contributed by atoms with van der Waals surface area (Å²) in [4.78, 5) is 14.7. The molecule has 0 bridgehead atoms. The van der Waals surface area contributed by atoms with Crippen molar-refractivity contribution >= 4 is 29.0 Å². The molecule has 0 saturated heterocycles. The lowest BCUT2D eigenvalue weighted by atomic mass is 10.0. The zero-order chi connectivity index (χ0) is 12.6. The predicted octanol–water partition coefficient (Wildman–Crippen LogP) is 1.48. The average molecular weight is 252 g/mol. The Morgan fingerprint density at radius 2 is 2.24 bits per heavy atom. The molecule has 0 spiro atoms. The maximum Gasteiger partial charge on any atom is 0.237 e. The van der Waals surface area contributed by atoms with E-state index in [1.807, 2.05) is 26.0 Å². The number of nitrogen functional groups attached to an aromatic ring is 1. The van der Waals surface area contributed by atoms with E-state index in [9.17, 15) is 9.90 Å². The molecule has 0 fully saturated rings. The molecule has 1 aromatic carbocycles. The molecule has 5 heteroatoms. The Hall–Kier alpha value is -1.20. The first-order valence-corrected chi connectivity index (χ1v) is 6.40. The second kappa shape index (κ2) is 4.23. The lowest BCUT2D eigenvalue weighted by Gasteiger charge is -2.40. The summed E-state index contributed by atoms with van der Waals surface area (Å²) < 4.78 is 0. The average Bonchev–Trinajstić information content (AvgIpc) is 2.28. The van der Waals surface area contributed by atoms with Crippen LogP contribution in [-0.4, -0.2) is 28.9 Å². The van der Waals surface area contributed by atoms with Gasteiger partial charge >= 0.3 is 0 Å². The molecule has 0 aromatic heterocycles. The van der Waals surface area contributed by atoms with E-state index in [2.05, 4.69) is 0 Å². The zero-order valence-electron chi connectivity index (χ0n) is 9.93. The fourth-order valence-electron chi connectivity index (χ4n) is 1.90. The topological polar surface area (TPSA) is 66.6 Å². The standard InChI is InChI=1S/C12H16N2O2S/c1-12(2,7-15)14-9-5-8(13)3-4-10(9)17-6-11(14)16/h3-5,15H,6-7,13H2,1-2H3. The summed E-state index contributed by atoms with van der Waals surface area (Å²) in [5, 5.41) is 9.43. The Morgan fingerprint density at radius 1 is 1.53 bits per heavy atom. The van der Waals surface area contributed by atoms with Gasteiger partial charge in [-0.25, -0.2) is 0 Å². The highest BCUT2D eigenvalue weighted by Gasteiger charge is 2.35. The van der Waals surface area contributed by atoms with Crippen LogP contribution in [0, 0.1) is 0 Å². The minimum atomic E-state index is -0.611. The Labute approximate surface area is 105 Å². The van der Waals surface area contributed by atoms with Gasteiger partial charge in [0.15, 0.2) is 0 Å². The van der Waals surface area contributed by atoms with Gasteiger partial charge in [0.05, 0.1) is 23.6 Å². The summed E-state index contributed by atoms with van der Waals surface area (Å²) in [5.41, 5.74) is 6.57. The number of aliphatic hydroxyl groups is 1. The second-order valence-electron chi connectivity index (χ2n) is 4.72. The lowest BCUT2D eigenvalue weighted by molar-refractivity contribution is -0.117. The van der Waals surface area contributed by atoms with Crippen molar-refractivity contribution in [1.29, 1.82) is 0 Å². The summed E-state index contributed by atoms with van der Waals surface area (Å²) in [5.74, 6) is 0.410. The van der Waals surface area contributed by atoms with Crippen LogP contribution >= 0.6 is 11.8 Å². The maximum atomic E-state index is 12.0. The van der Waals surface area contributed by atoms with Gasteiger partial charge in [-0.15, -0.1) is 11.8 Å². The van der Waals surface area contributed by atoms with E-state index in [-0.39, 0.29) is 12.5 Å². The van der Waals surface area contributed by atoms with Crippen LogP contribution in [0.15, 0.2) is 23.1 Å². The third-order valence-corrected chi connectivity index (χ3v) is 3.86. The second-order valence-corrected chi connectivity index (χ2v) is 5.73.